The largest absolute Gasteiger partial charge is 0.496 e. The van der Waals surface area contributed by atoms with Gasteiger partial charge < -0.3 is 19.4 Å². The van der Waals surface area contributed by atoms with Gasteiger partial charge in [-0.1, -0.05) is 26.3 Å². The highest BCUT2D eigenvalue weighted by Crippen LogP contribution is 2.65. The van der Waals surface area contributed by atoms with E-state index in [1.165, 1.54) is 23.6 Å². The van der Waals surface area contributed by atoms with Crippen LogP contribution in [0.1, 0.15) is 80.7 Å². The van der Waals surface area contributed by atoms with Gasteiger partial charge in [-0.15, -0.1) is 0 Å². The third-order valence-corrected chi connectivity index (χ3v) is 12.7. The van der Waals surface area contributed by atoms with Gasteiger partial charge in [-0.05, 0) is 134 Å². The molecule has 2 bridgehead atoms. The molecule has 3 saturated carbocycles. The summed E-state index contributed by atoms with van der Waals surface area (Å²) >= 11 is 0. The highest BCUT2D eigenvalue weighted by atomic mass is 32.2. The van der Waals surface area contributed by atoms with Crippen LogP contribution in [0.15, 0.2) is 29.2 Å². The standard InChI is InChI=1S/C33H43BN2O6S/c1-32(2)23-18-28(32)33(3)29(19-23)41-34(42-33)15-7-10-22-17-24(13-14-27(22)40-4)43(38,39)36-31(37)35-30-25-11-5-8-20(25)16-21-9-6-12-26(21)30/h13-14,16-17,23,28-29H,5-12,15,18-19H2,1-4H3,(H2,35,36,37)/t23-,28-,29+,33-/m0/s1. The van der Waals surface area contributed by atoms with E-state index in [4.69, 9.17) is 14.0 Å². The van der Waals surface area contributed by atoms with Gasteiger partial charge in [0.15, 0.2) is 0 Å². The van der Waals surface area contributed by atoms with E-state index in [9.17, 15) is 13.2 Å². The molecule has 1 saturated heterocycles. The molecule has 8 nitrogen and oxygen atoms in total. The van der Waals surface area contributed by atoms with Crippen molar-refractivity contribution in [1.29, 1.82) is 0 Å². The van der Waals surface area contributed by atoms with Crippen LogP contribution in [0.5, 0.6) is 5.75 Å². The molecule has 43 heavy (non-hydrogen) atoms. The van der Waals surface area contributed by atoms with Crippen LogP contribution in [-0.4, -0.2) is 40.4 Å². The van der Waals surface area contributed by atoms with E-state index in [1.54, 1.807) is 19.2 Å². The van der Waals surface area contributed by atoms with Gasteiger partial charge in [-0.3, -0.25) is 0 Å². The van der Waals surface area contributed by atoms with Crippen molar-refractivity contribution in [2.45, 2.75) is 108 Å². The van der Waals surface area contributed by atoms with Crippen LogP contribution in [0.25, 0.3) is 0 Å². The third-order valence-electron chi connectivity index (χ3n) is 11.4. The molecule has 2 aromatic carbocycles. The minimum absolute atomic E-state index is 0.0378. The monoisotopic (exact) mass is 606 g/mol. The quantitative estimate of drug-likeness (QED) is 0.366. The van der Waals surface area contributed by atoms with Crippen LogP contribution in [0.3, 0.4) is 0 Å². The Morgan fingerprint density at radius 1 is 1.05 bits per heavy atom. The van der Waals surface area contributed by atoms with E-state index in [-0.39, 0.29) is 23.7 Å². The number of anilines is 1. The number of aryl methyl sites for hydroxylation is 3. The van der Waals surface area contributed by atoms with E-state index in [0.29, 0.717) is 29.4 Å². The van der Waals surface area contributed by atoms with Gasteiger partial charge >= 0.3 is 13.1 Å². The molecule has 10 heteroatoms. The summed E-state index contributed by atoms with van der Waals surface area (Å²) < 4.78 is 47.4. The zero-order valence-corrected chi connectivity index (χ0v) is 26.6. The lowest BCUT2D eigenvalue weighted by atomic mass is 9.43. The zero-order valence-electron chi connectivity index (χ0n) is 25.8. The number of methoxy groups -OCH3 is 1. The molecule has 0 unspecified atom stereocenters. The van der Waals surface area contributed by atoms with E-state index in [2.05, 4.69) is 36.9 Å². The maximum atomic E-state index is 13.3. The molecular formula is C33H43BN2O6S. The van der Waals surface area contributed by atoms with Crippen molar-refractivity contribution in [2.75, 3.05) is 12.4 Å². The number of benzene rings is 2. The van der Waals surface area contributed by atoms with Gasteiger partial charge in [0.1, 0.15) is 5.75 Å². The number of hydrogen-bond donors (Lipinski definition) is 2. The summed E-state index contributed by atoms with van der Waals surface area (Å²) in [6, 6.07) is 6.31. The number of sulfonamides is 1. The number of nitrogens with one attached hydrogen (secondary N) is 2. The van der Waals surface area contributed by atoms with Crippen LogP contribution in [0, 0.1) is 17.3 Å². The van der Waals surface area contributed by atoms with Crippen molar-refractivity contribution >= 4 is 28.9 Å². The van der Waals surface area contributed by atoms with Gasteiger partial charge in [0.05, 0.1) is 23.7 Å². The van der Waals surface area contributed by atoms with Crippen molar-refractivity contribution < 1.29 is 27.3 Å². The Bertz CT molecular complexity index is 1540. The van der Waals surface area contributed by atoms with E-state index in [0.717, 1.165) is 80.1 Å². The van der Waals surface area contributed by atoms with Crippen LogP contribution >= 0.6 is 0 Å². The van der Waals surface area contributed by atoms with E-state index in [1.807, 2.05) is 0 Å². The summed E-state index contributed by atoms with van der Waals surface area (Å²) in [5, 5.41) is 2.92. The zero-order chi connectivity index (χ0) is 30.1. The highest BCUT2D eigenvalue weighted by Gasteiger charge is 2.67. The number of carbonyl (C=O) groups excluding carboxylic acids is 1. The average molecular weight is 607 g/mol. The molecule has 6 aliphatic rings. The molecule has 0 radical (unpaired) electrons. The van der Waals surface area contributed by atoms with Crippen molar-refractivity contribution in [3.05, 3.63) is 52.1 Å². The normalized spacial score (nSPS) is 28.1. The SMILES string of the molecule is COc1ccc(S(=O)(=O)NC(=O)Nc2c3c(cc4c2CCC4)CCC3)cc1CCCB1O[C@@H]2C[C@@H]3C[C@@H](C3(C)C)[C@]2(C)O1. The molecule has 1 aliphatic heterocycles. The second kappa shape index (κ2) is 10.5. The first kappa shape index (κ1) is 29.2. The highest BCUT2D eigenvalue weighted by molar-refractivity contribution is 7.90. The number of fused-ring (bicyclic) bond motifs is 2. The predicted octanol–water partition coefficient (Wildman–Crippen LogP) is 5.84. The molecule has 0 spiro atoms. The second-order valence-corrected chi connectivity index (χ2v) is 15.7. The Labute approximate surface area is 255 Å². The summed E-state index contributed by atoms with van der Waals surface area (Å²) in [5.74, 6) is 1.84. The van der Waals surface area contributed by atoms with Gasteiger partial charge in [0.25, 0.3) is 10.0 Å². The topological polar surface area (TPSA) is 103 Å². The number of rotatable bonds is 8. The second-order valence-electron chi connectivity index (χ2n) is 14.1. The van der Waals surface area contributed by atoms with Gasteiger partial charge in [0.2, 0.25) is 0 Å². The fraction of sp³-hybridized carbons (Fsp3) is 0.606. The molecule has 4 fully saturated rings. The number of ether oxygens (including phenoxy) is 1. The van der Waals surface area contributed by atoms with Crippen LogP contribution < -0.4 is 14.8 Å². The van der Waals surface area contributed by atoms with E-state index >= 15 is 0 Å². The molecular weight excluding hydrogens is 563 g/mol. The molecule has 1 heterocycles. The smallest absolute Gasteiger partial charge is 0.457 e. The lowest BCUT2D eigenvalue weighted by molar-refractivity contribution is -0.199. The van der Waals surface area contributed by atoms with Crippen molar-refractivity contribution in [2.24, 2.45) is 17.3 Å². The first-order chi connectivity index (χ1) is 20.5. The maximum absolute atomic E-state index is 13.3. The number of carbonyl (C=O) groups is 1. The maximum Gasteiger partial charge on any atom is 0.457 e. The summed E-state index contributed by atoms with van der Waals surface area (Å²) in [5.41, 5.74) is 6.52. The van der Waals surface area contributed by atoms with E-state index < -0.39 is 16.1 Å². The summed E-state index contributed by atoms with van der Waals surface area (Å²) in [7, 11) is -2.77. The number of urea groups is 1. The molecule has 0 aromatic heterocycles. The third kappa shape index (κ3) is 4.88. The summed E-state index contributed by atoms with van der Waals surface area (Å²) in [6.45, 7) is 6.93. The predicted molar refractivity (Wildman–Crippen MR) is 166 cm³/mol. The lowest BCUT2D eigenvalue weighted by Gasteiger charge is -2.64. The van der Waals surface area contributed by atoms with Gasteiger partial charge in [-0.25, -0.2) is 17.9 Å². The molecule has 4 atom stereocenters. The fourth-order valence-electron chi connectivity index (χ4n) is 8.94. The summed E-state index contributed by atoms with van der Waals surface area (Å²) in [6.07, 6.45) is 10.4. The minimum atomic E-state index is -4.10. The Hall–Kier alpha value is -2.56. The Balaban J connectivity index is 1.01. The molecule has 5 aliphatic carbocycles. The van der Waals surface area contributed by atoms with Crippen LogP contribution in [0.2, 0.25) is 6.32 Å². The fourth-order valence-corrected chi connectivity index (χ4v) is 9.90. The number of amides is 2. The number of hydrogen-bond acceptors (Lipinski definition) is 6. The van der Waals surface area contributed by atoms with Crippen molar-refractivity contribution in [1.82, 2.24) is 4.72 Å². The van der Waals surface area contributed by atoms with Crippen LogP contribution in [-0.2, 0) is 51.4 Å². The van der Waals surface area contributed by atoms with Gasteiger partial charge in [-0.2, -0.15) is 0 Å². The van der Waals surface area contributed by atoms with Crippen molar-refractivity contribution in [3.63, 3.8) is 0 Å². The molecule has 2 amide bonds. The molecule has 8 rings (SSSR count). The average Bonchev–Trinajstić information content (AvgIpc) is 3.70. The first-order valence-corrected chi connectivity index (χ1v) is 17.5. The Kier molecular flexibility index (Phi) is 7.14. The Morgan fingerprint density at radius 3 is 2.44 bits per heavy atom. The lowest BCUT2D eigenvalue weighted by Crippen LogP contribution is -2.65. The van der Waals surface area contributed by atoms with Crippen LogP contribution in [0.4, 0.5) is 10.5 Å². The molecule has 2 aromatic rings. The minimum Gasteiger partial charge on any atom is -0.496 e. The summed E-state index contributed by atoms with van der Waals surface area (Å²) in [4.78, 5) is 13.1. The van der Waals surface area contributed by atoms with Crippen molar-refractivity contribution in [3.8, 4) is 5.75 Å². The molecule has 230 valence electrons. The van der Waals surface area contributed by atoms with Gasteiger partial charge in [0, 0.05) is 5.69 Å². The Morgan fingerprint density at radius 2 is 1.77 bits per heavy atom. The molecule has 2 N–H and O–H groups in total. The first-order valence-electron chi connectivity index (χ1n) is 16.0.